The van der Waals surface area contributed by atoms with E-state index in [0.29, 0.717) is 48.4 Å². The largest absolute Gasteiger partial charge is 0.459 e. The Hall–Kier alpha value is -2.63. The van der Waals surface area contributed by atoms with Crippen LogP contribution in [0, 0.1) is 22.7 Å². The molecule has 3 heterocycles. The molecule has 0 bridgehead atoms. The van der Waals surface area contributed by atoms with Gasteiger partial charge < -0.3 is 14.6 Å². The molecular weight excluding hydrogens is 436 g/mol. The summed E-state index contributed by atoms with van der Waals surface area (Å²) in [4.78, 5) is 30.2. The molecule has 1 fully saturated rings. The van der Waals surface area contributed by atoms with Crippen molar-refractivity contribution in [3.05, 3.63) is 40.2 Å². The molecule has 2 aromatic rings. The molecule has 176 valence electrons. The zero-order valence-electron chi connectivity index (χ0n) is 19.6. The maximum Gasteiger partial charge on any atom is 0.289 e. The number of nitrogens with one attached hydrogen (secondary N) is 1. The monoisotopic (exact) mass is 468 g/mol. The highest BCUT2D eigenvalue weighted by Crippen LogP contribution is 2.45. The highest BCUT2D eigenvalue weighted by molar-refractivity contribution is 7.16. The Labute approximate surface area is 199 Å². The zero-order chi connectivity index (χ0) is 23.6. The van der Waals surface area contributed by atoms with Crippen LogP contribution in [0.4, 0.5) is 5.00 Å². The van der Waals surface area contributed by atoms with Crippen molar-refractivity contribution in [2.75, 3.05) is 38.0 Å². The first-order valence-corrected chi connectivity index (χ1v) is 12.5. The molecule has 1 aliphatic heterocycles. The Kier molecular flexibility index (Phi) is 6.91. The van der Waals surface area contributed by atoms with Gasteiger partial charge in [-0.3, -0.25) is 14.5 Å². The number of amides is 2. The summed E-state index contributed by atoms with van der Waals surface area (Å²) in [5.74, 6) is 0.721. The summed E-state index contributed by atoms with van der Waals surface area (Å²) in [6, 6.07) is 5.71. The predicted octanol–water partition coefficient (Wildman–Crippen LogP) is 4.15. The molecule has 2 amide bonds. The minimum atomic E-state index is -0.114. The summed E-state index contributed by atoms with van der Waals surface area (Å²) < 4.78 is 5.20. The second kappa shape index (κ2) is 9.70. The second-order valence-electron chi connectivity index (χ2n) is 9.70. The third kappa shape index (κ3) is 4.99. The Bertz CT molecular complexity index is 1040. The van der Waals surface area contributed by atoms with E-state index in [9.17, 15) is 14.9 Å². The van der Waals surface area contributed by atoms with Crippen LogP contribution in [0.25, 0.3) is 0 Å². The molecule has 1 aliphatic carbocycles. The number of fused-ring (bicyclic) bond motifs is 1. The topological polar surface area (TPSA) is 89.6 Å². The lowest BCUT2D eigenvalue weighted by molar-refractivity contribution is -0.117. The maximum absolute atomic E-state index is 12.8. The molecule has 1 saturated heterocycles. The van der Waals surface area contributed by atoms with Gasteiger partial charge in [0.25, 0.3) is 5.91 Å². The minimum absolute atomic E-state index is 0.110. The summed E-state index contributed by atoms with van der Waals surface area (Å²) in [6.07, 6.45) is 5.61. The van der Waals surface area contributed by atoms with E-state index in [-0.39, 0.29) is 23.8 Å². The molecule has 1 N–H and O–H groups in total. The van der Waals surface area contributed by atoms with Crippen molar-refractivity contribution in [2.45, 2.75) is 46.5 Å². The molecule has 2 aromatic heterocycles. The van der Waals surface area contributed by atoms with E-state index in [1.54, 1.807) is 28.4 Å². The first-order valence-electron chi connectivity index (χ1n) is 11.7. The number of thiophene rings is 1. The van der Waals surface area contributed by atoms with Gasteiger partial charge in [-0.15, -0.1) is 11.3 Å². The number of anilines is 1. The molecule has 33 heavy (non-hydrogen) atoms. The number of nitrogens with zero attached hydrogens (tertiary/aromatic N) is 3. The number of rotatable bonds is 6. The molecule has 1 atom stereocenters. The predicted molar refractivity (Wildman–Crippen MR) is 128 cm³/mol. The summed E-state index contributed by atoms with van der Waals surface area (Å²) >= 11 is 1.57. The number of carbonyl (C=O) groups excluding carboxylic acids is 2. The quantitative estimate of drug-likeness (QED) is 0.688. The molecular formula is C25H32N4O3S. The van der Waals surface area contributed by atoms with Crippen LogP contribution in [-0.2, 0) is 17.6 Å². The first kappa shape index (κ1) is 23.5. The van der Waals surface area contributed by atoms with E-state index < -0.39 is 0 Å². The van der Waals surface area contributed by atoms with E-state index in [1.165, 1.54) is 11.1 Å². The molecule has 8 heteroatoms. The smallest absolute Gasteiger partial charge is 0.289 e. The van der Waals surface area contributed by atoms with Crippen molar-refractivity contribution in [3.63, 3.8) is 0 Å². The molecule has 1 unspecified atom stereocenters. The summed E-state index contributed by atoms with van der Waals surface area (Å²) in [5, 5.41) is 13.5. The molecule has 4 rings (SSSR count). The van der Waals surface area contributed by atoms with Gasteiger partial charge in [-0.25, -0.2) is 0 Å². The van der Waals surface area contributed by atoms with Gasteiger partial charge in [0.1, 0.15) is 11.1 Å². The Morgan fingerprint density at radius 2 is 2.06 bits per heavy atom. The van der Waals surface area contributed by atoms with Crippen molar-refractivity contribution >= 4 is 28.2 Å². The van der Waals surface area contributed by atoms with Gasteiger partial charge in [-0.05, 0) is 48.3 Å². The summed E-state index contributed by atoms with van der Waals surface area (Å²) in [7, 11) is 0. The zero-order valence-corrected chi connectivity index (χ0v) is 20.5. The van der Waals surface area contributed by atoms with Crippen LogP contribution in [-0.4, -0.2) is 54.3 Å². The average molecular weight is 469 g/mol. The molecule has 2 aliphatic rings. The fourth-order valence-corrected chi connectivity index (χ4v) is 6.08. The maximum atomic E-state index is 12.8. The van der Waals surface area contributed by atoms with Gasteiger partial charge in [0.2, 0.25) is 5.91 Å². The highest BCUT2D eigenvalue weighted by atomic mass is 32.1. The fourth-order valence-electron chi connectivity index (χ4n) is 4.78. The normalized spacial score (nSPS) is 19.1. The number of carbonyl (C=O) groups is 2. The van der Waals surface area contributed by atoms with Gasteiger partial charge in [-0.1, -0.05) is 27.2 Å². The van der Waals surface area contributed by atoms with Crippen molar-refractivity contribution in [2.24, 2.45) is 11.3 Å². The van der Waals surface area contributed by atoms with Crippen LogP contribution in [0.15, 0.2) is 22.8 Å². The van der Waals surface area contributed by atoms with Crippen molar-refractivity contribution in [1.29, 1.82) is 5.26 Å². The van der Waals surface area contributed by atoms with E-state index in [0.717, 1.165) is 31.2 Å². The van der Waals surface area contributed by atoms with Crippen LogP contribution in [0.2, 0.25) is 0 Å². The fraction of sp³-hybridized carbons (Fsp3) is 0.560. The Morgan fingerprint density at radius 3 is 2.70 bits per heavy atom. The van der Waals surface area contributed by atoms with E-state index in [2.05, 4.69) is 32.2 Å². The number of furan rings is 1. The lowest BCUT2D eigenvalue weighted by atomic mass is 9.69. The number of nitriles is 1. The van der Waals surface area contributed by atoms with Crippen molar-refractivity contribution in [3.8, 4) is 6.07 Å². The molecule has 0 radical (unpaired) electrons. The molecule has 0 aromatic carbocycles. The van der Waals surface area contributed by atoms with Crippen LogP contribution >= 0.6 is 11.3 Å². The van der Waals surface area contributed by atoms with E-state index >= 15 is 0 Å². The van der Waals surface area contributed by atoms with Crippen molar-refractivity contribution < 1.29 is 14.0 Å². The van der Waals surface area contributed by atoms with Gasteiger partial charge >= 0.3 is 0 Å². The van der Waals surface area contributed by atoms with Crippen molar-refractivity contribution in [1.82, 2.24) is 9.80 Å². The third-order valence-electron chi connectivity index (χ3n) is 7.41. The number of hydrogen-bond acceptors (Lipinski definition) is 6. The average Bonchev–Trinajstić information content (AvgIpc) is 3.46. The second-order valence-corrected chi connectivity index (χ2v) is 10.8. The molecule has 0 spiro atoms. The van der Waals surface area contributed by atoms with Gasteiger partial charge in [-0.2, -0.15) is 5.26 Å². The Morgan fingerprint density at radius 1 is 1.30 bits per heavy atom. The lowest BCUT2D eigenvalue weighted by Crippen LogP contribution is -2.50. The Balaban J connectivity index is 1.34. The molecule has 7 nitrogen and oxygen atoms in total. The third-order valence-corrected chi connectivity index (χ3v) is 8.57. The van der Waals surface area contributed by atoms with Crippen LogP contribution in [0.1, 0.15) is 60.2 Å². The van der Waals surface area contributed by atoms with Crippen LogP contribution in [0.3, 0.4) is 0 Å². The van der Waals surface area contributed by atoms with Crippen LogP contribution in [0.5, 0.6) is 0 Å². The SMILES string of the molecule is CCC(C)(C)C1CCc2c(sc(NC(=O)CN3CCN(C(=O)c4ccco4)CC3)c2C#N)C1. The minimum Gasteiger partial charge on any atom is -0.459 e. The summed E-state index contributed by atoms with van der Waals surface area (Å²) in [5.41, 5.74) is 2.05. The summed E-state index contributed by atoms with van der Waals surface area (Å²) in [6.45, 7) is 9.50. The van der Waals surface area contributed by atoms with E-state index in [1.807, 2.05) is 4.90 Å². The van der Waals surface area contributed by atoms with Gasteiger partial charge in [0, 0.05) is 31.1 Å². The number of piperazine rings is 1. The lowest BCUT2D eigenvalue weighted by Gasteiger charge is -2.36. The van der Waals surface area contributed by atoms with E-state index in [4.69, 9.17) is 4.42 Å². The number of hydrogen-bond donors (Lipinski definition) is 1. The van der Waals surface area contributed by atoms with Crippen LogP contribution < -0.4 is 5.32 Å². The van der Waals surface area contributed by atoms with Gasteiger partial charge in [0.15, 0.2) is 5.76 Å². The highest BCUT2D eigenvalue weighted by Gasteiger charge is 2.34. The first-order chi connectivity index (χ1) is 15.8. The standard InChI is InChI=1S/C25H32N4O3S/c1-4-25(2,3)17-7-8-18-19(15-26)23(33-21(18)14-17)27-22(30)16-28-9-11-29(12-10-28)24(31)20-6-5-13-32-20/h5-6,13,17H,4,7-12,14,16H2,1-3H3,(H,27,30). The van der Waals surface area contributed by atoms with Gasteiger partial charge in [0.05, 0.1) is 18.4 Å². The molecule has 0 saturated carbocycles.